The molecule has 0 bridgehead atoms. The zero-order valence-corrected chi connectivity index (χ0v) is 11.6. The van der Waals surface area contributed by atoms with Gasteiger partial charge in [-0.15, -0.1) is 0 Å². The van der Waals surface area contributed by atoms with Gasteiger partial charge in [-0.1, -0.05) is 6.92 Å². The van der Waals surface area contributed by atoms with Gasteiger partial charge in [-0.25, -0.2) is 0 Å². The maximum absolute atomic E-state index is 5.99. The standard InChI is InChI=1S/C14H29N3/c1-3-17-8-6-14(7-9-17)16(2)11-12-4-5-13(15)10-12/h12-14H,3-11,15H2,1-2H3. The lowest BCUT2D eigenvalue weighted by Gasteiger charge is -2.37. The average molecular weight is 239 g/mol. The van der Waals surface area contributed by atoms with Crippen molar-refractivity contribution in [3.8, 4) is 0 Å². The summed E-state index contributed by atoms with van der Waals surface area (Å²) in [6.45, 7) is 7.33. The zero-order valence-electron chi connectivity index (χ0n) is 11.6. The molecule has 0 aromatic carbocycles. The molecule has 2 rings (SSSR count). The molecule has 2 atom stereocenters. The highest BCUT2D eigenvalue weighted by Crippen LogP contribution is 2.26. The first-order chi connectivity index (χ1) is 8.19. The lowest BCUT2D eigenvalue weighted by atomic mass is 10.0. The van der Waals surface area contributed by atoms with E-state index in [0.717, 1.165) is 12.0 Å². The van der Waals surface area contributed by atoms with Crippen molar-refractivity contribution >= 4 is 0 Å². The van der Waals surface area contributed by atoms with Crippen molar-refractivity contribution in [2.45, 2.75) is 51.1 Å². The number of hydrogen-bond donors (Lipinski definition) is 1. The van der Waals surface area contributed by atoms with Gasteiger partial charge < -0.3 is 15.5 Å². The lowest BCUT2D eigenvalue weighted by molar-refractivity contribution is 0.119. The van der Waals surface area contributed by atoms with Crippen molar-refractivity contribution in [2.24, 2.45) is 11.7 Å². The molecular formula is C14H29N3. The van der Waals surface area contributed by atoms with Crippen LogP contribution in [-0.2, 0) is 0 Å². The van der Waals surface area contributed by atoms with Crippen LogP contribution in [0, 0.1) is 5.92 Å². The summed E-state index contributed by atoms with van der Waals surface area (Å²) in [5.41, 5.74) is 5.99. The van der Waals surface area contributed by atoms with Crippen LogP contribution in [0.15, 0.2) is 0 Å². The fourth-order valence-electron chi connectivity index (χ4n) is 3.51. The van der Waals surface area contributed by atoms with Gasteiger partial charge in [-0.3, -0.25) is 0 Å². The van der Waals surface area contributed by atoms with Crippen molar-refractivity contribution in [3.63, 3.8) is 0 Å². The van der Waals surface area contributed by atoms with E-state index in [1.54, 1.807) is 0 Å². The SMILES string of the molecule is CCN1CCC(N(C)CC2CCC(N)C2)CC1. The number of nitrogens with zero attached hydrogens (tertiary/aromatic N) is 2. The number of nitrogens with two attached hydrogens (primary N) is 1. The Labute approximate surface area is 106 Å². The van der Waals surface area contributed by atoms with Gasteiger partial charge in [0.2, 0.25) is 0 Å². The molecule has 1 aliphatic carbocycles. The molecule has 17 heavy (non-hydrogen) atoms. The molecule has 0 aromatic rings. The van der Waals surface area contributed by atoms with Crippen LogP contribution in [0.1, 0.15) is 39.0 Å². The van der Waals surface area contributed by atoms with Crippen LogP contribution in [0.4, 0.5) is 0 Å². The largest absolute Gasteiger partial charge is 0.328 e. The van der Waals surface area contributed by atoms with Crippen LogP contribution >= 0.6 is 0 Å². The molecule has 1 saturated carbocycles. The van der Waals surface area contributed by atoms with Crippen molar-refractivity contribution in [1.82, 2.24) is 9.80 Å². The fraction of sp³-hybridized carbons (Fsp3) is 1.00. The van der Waals surface area contributed by atoms with E-state index in [-0.39, 0.29) is 0 Å². The van der Waals surface area contributed by atoms with Crippen LogP contribution in [0.5, 0.6) is 0 Å². The lowest BCUT2D eigenvalue weighted by Crippen LogP contribution is -2.44. The van der Waals surface area contributed by atoms with Crippen LogP contribution in [-0.4, -0.2) is 55.1 Å². The summed E-state index contributed by atoms with van der Waals surface area (Å²) in [4.78, 5) is 5.17. The molecule has 3 heteroatoms. The molecule has 100 valence electrons. The Bertz CT molecular complexity index is 224. The molecule has 0 aromatic heterocycles. The van der Waals surface area contributed by atoms with E-state index in [9.17, 15) is 0 Å². The summed E-state index contributed by atoms with van der Waals surface area (Å²) in [6.07, 6.45) is 6.54. The van der Waals surface area contributed by atoms with Gasteiger partial charge in [0.05, 0.1) is 0 Å². The Hall–Kier alpha value is -0.120. The summed E-state index contributed by atoms with van der Waals surface area (Å²) in [5.74, 6) is 0.860. The molecule has 0 radical (unpaired) electrons. The number of rotatable bonds is 4. The monoisotopic (exact) mass is 239 g/mol. The molecule has 2 unspecified atom stereocenters. The molecule has 0 spiro atoms. The second-order valence-corrected chi connectivity index (χ2v) is 6.04. The molecule has 2 N–H and O–H groups in total. The van der Waals surface area contributed by atoms with Crippen molar-refractivity contribution in [2.75, 3.05) is 33.2 Å². The van der Waals surface area contributed by atoms with Gasteiger partial charge in [-0.2, -0.15) is 0 Å². The second-order valence-electron chi connectivity index (χ2n) is 6.04. The van der Waals surface area contributed by atoms with Gasteiger partial charge in [0.25, 0.3) is 0 Å². The third-order valence-electron chi connectivity index (χ3n) is 4.76. The smallest absolute Gasteiger partial charge is 0.0117 e. The molecule has 1 heterocycles. The van der Waals surface area contributed by atoms with Crippen LogP contribution in [0.2, 0.25) is 0 Å². The second kappa shape index (κ2) is 6.17. The number of hydrogen-bond acceptors (Lipinski definition) is 3. The Morgan fingerprint density at radius 2 is 1.88 bits per heavy atom. The molecule has 3 nitrogen and oxygen atoms in total. The summed E-state index contributed by atoms with van der Waals surface area (Å²) < 4.78 is 0. The van der Waals surface area contributed by atoms with E-state index in [0.29, 0.717) is 6.04 Å². The van der Waals surface area contributed by atoms with Crippen molar-refractivity contribution < 1.29 is 0 Å². The topological polar surface area (TPSA) is 32.5 Å². The van der Waals surface area contributed by atoms with Crippen LogP contribution in [0.25, 0.3) is 0 Å². The van der Waals surface area contributed by atoms with E-state index in [4.69, 9.17) is 5.73 Å². The number of likely N-dealkylation sites (tertiary alicyclic amines) is 1. The third kappa shape index (κ3) is 3.67. The Balaban J connectivity index is 1.71. The molecule has 1 saturated heterocycles. The van der Waals surface area contributed by atoms with E-state index >= 15 is 0 Å². The molecule has 2 aliphatic rings. The van der Waals surface area contributed by atoms with Gasteiger partial charge in [0, 0.05) is 18.6 Å². The zero-order chi connectivity index (χ0) is 12.3. The first kappa shape index (κ1) is 13.3. The quantitative estimate of drug-likeness (QED) is 0.807. The fourth-order valence-corrected chi connectivity index (χ4v) is 3.51. The van der Waals surface area contributed by atoms with E-state index < -0.39 is 0 Å². The van der Waals surface area contributed by atoms with E-state index in [1.807, 2.05) is 0 Å². The minimum atomic E-state index is 0.482. The Kier molecular flexibility index (Phi) is 4.83. The minimum absolute atomic E-state index is 0.482. The average Bonchev–Trinajstić information content (AvgIpc) is 2.75. The van der Waals surface area contributed by atoms with Crippen molar-refractivity contribution in [1.29, 1.82) is 0 Å². The highest BCUT2D eigenvalue weighted by molar-refractivity contribution is 4.83. The number of piperidine rings is 1. The van der Waals surface area contributed by atoms with Crippen LogP contribution < -0.4 is 5.73 Å². The molecular weight excluding hydrogens is 210 g/mol. The first-order valence-electron chi connectivity index (χ1n) is 7.37. The van der Waals surface area contributed by atoms with E-state index in [1.165, 1.54) is 58.3 Å². The molecule has 1 aliphatic heterocycles. The summed E-state index contributed by atoms with van der Waals surface area (Å²) >= 11 is 0. The highest BCUT2D eigenvalue weighted by Gasteiger charge is 2.27. The maximum atomic E-state index is 5.99. The predicted octanol–water partition coefficient (Wildman–Crippen LogP) is 1.53. The maximum Gasteiger partial charge on any atom is 0.0117 e. The summed E-state index contributed by atoms with van der Waals surface area (Å²) in [7, 11) is 2.32. The van der Waals surface area contributed by atoms with E-state index in [2.05, 4.69) is 23.8 Å². The minimum Gasteiger partial charge on any atom is -0.328 e. The van der Waals surface area contributed by atoms with Crippen molar-refractivity contribution in [3.05, 3.63) is 0 Å². The third-order valence-corrected chi connectivity index (χ3v) is 4.76. The summed E-state index contributed by atoms with van der Waals surface area (Å²) in [6, 6.07) is 1.30. The Morgan fingerprint density at radius 3 is 2.41 bits per heavy atom. The first-order valence-corrected chi connectivity index (χ1v) is 7.37. The predicted molar refractivity (Wildman–Crippen MR) is 73.1 cm³/mol. The van der Waals surface area contributed by atoms with Gasteiger partial charge in [0.15, 0.2) is 0 Å². The van der Waals surface area contributed by atoms with Gasteiger partial charge in [0.1, 0.15) is 0 Å². The highest BCUT2D eigenvalue weighted by atomic mass is 15.2. The van der Waals surface area contributed by atoms with Gasteiger partial charge in [-0.05, 0) is 64.7 Å². The molecule has 0 amide bonds. The molecule has 2 fully saturated rings. The Morgan fingerprint density at radius 1 is 1.18 bits per heavy atom. The van der Waals surface area contributed by atoms with Gasteiger partial charge >= 0.3 is 0 Å². The normalized spacial score (nSPS) is 32.5. The van der Waals surface area contributed by atoms with Crippen LogP contribution in [0.3, 0.4) is 0 Å². The summed E-state index contributed by atoms with van der Waals surface area (Å²) in [5, 5.41) is 0.